The van der Waals surface area contributed by atoms with Gasteiger partial charge in [0.2, 0.25) is 0 Å². The van der Waals surface area contributed by atoms with E-state index < -0.39 is 0 Å². The van der Waals surface area contributed by atoms with E-state index in [0.717, 1.165) is 38.5 Å². The van der Waals surface area contributed by atoms with Gasteiger partial charge in [-0.15, -0.1) is 0 Å². The fourth-order valence-corrected chi connectivity index (χ4v) is 7.52. The maximum absolute atomic E-state index is 6.14. The Labute approximate surface area is 283 Å². The molecule has 0 fully saturated rings. The molecule has 0 amide bonds. The minimum Gasteiger partial charge on any atom is -0.454 e. The second-order valence-corrected chi connectivity index (χ2v) is 12.7. The van der Waals surface area contributed by atoms with Crippen LogP contribution in [-0.2, 0) is 0 Å². The summed E-state index contributed by atoms with van der Waals surface area (Å²) in [6.45, 7) is 0. The maximum Gasteiger partial charge on any atom is 0.154 e. The van der Waals surface area contributed by atoms with Crippen LogP contribution in [0, 0.1) is 0 Å². The Morgan fingerprint density at radius 2 is 0.776 bits per heavy atom. The lowest BCUT2D eigenvalue weighted by Gasteiger charge is -2.18. The Balaban J connectivity index is 1.08. The van der Waals surface area contributed by atoms with Crippen molar-refractivity contribution < 1.29 is 4.42 Å². The highest BCUT2D eigenvalue weighted by molar-refractivity contribution is 6.21. The molecule has 0 unspecified atom stereocenters. The summed E-state index contributed by atoms with van der Waals surface area (Å²) in [6, 6.07) is 63.0. The molecule has 228 valence electrons. The number of benzene rings is 8. The van der Waals surface area contributed by atoms with E-state index in [9.17, 15) is 0 Å². The van der Waals surface area contributed by atoms with Gasteiger partial charge in [-0.1, -0.05) is 146 Å². The lowest BCUT2D eigenvalue weighted by atomic mass is 9.85. The van der Waals surface area contributed by atoms with Crippen molar-refractivity contribution in [3.05, 3.63) is 176 Å². The summed E-state index contributed by atoms with van der Waals surface area (Å²) in [6.07, 6.45) is 0. The first kappa shape index (κ1) is 27.6. The van der Waals surface area contributed by atoms with Crippen LogP contribution in [0.25, 0.3) is 99.0 Å². The summed E-state index contributed by atoms with van der Waals surface area (Å²) < 4.78 is 6.14. The van der Waals surface area contributed by atoms with E-state index in [1.807, 2.05) is 18.2 Å². The largest absolute Gasteiger partial charge is 0.454 e. The molecule has 2 heteroatoms. The molecule has 0 bridgehead atoms. The molecule has 0 saturated heterocycles. The van der Waals surface area contributed by atoms with Crippen molar-refractivity contribution in [3.8, 4) is 44.5 Å². The van der Waals surface area contributed by atoms with Gasteiger partial charge < -0.3 is 4.42 Å². The normalized spacial score (nSPS) is 11.7. The molecule has 0 saturated carbocycles. The topological polar surface area (TPSA) is 26.0 Å². The molecular formula is C47H29NO. The van der Waals surface area contributed by atoms with Gasteiger partial charge in [-0.2, -0.15) is 0 Å². The van der Waals surface area contributed by atoms with E-state index >= 15 is 0 Å². The smallest absolute Gasteiger partial charge is 0.154 e. The van der Waals surface area contributed by atoms with Crippen LogP contribution in [0.1, 0.15) is 0 Å². The third-order valence-electron chi connectivity index (χ3n) is 9.86. The quantitative estimate of drug-likeness (QED) is 0.182. The van der Waals surface area contributed by atoms with E-state index in [4.69, 9.17) is 9.40 Å². The van der Waals surface area contributed by atoms with Gasteiger partial charge in [-0.05, 0) is 96.4 Å². The molecule has 10 rings (SSSR count). The van der Waals surface area contributed by atoms with Crippen molar-refractivity contribution in [3.63, 3.8) is 0 Å². The summed E-state index contributed by atoms with van der Waals surface area (Å²) in [5.74, 6) is 0. The first-order valence-electron chi connectivity index (χ1n) is 16.7. The zero-order valence-electron chi connectivity index (χ0n) is 26.6. The molecule has 2 heterocycles. The second-order valence-electron chi connectivity index (χ2n) is 12.7. The molecular weight excluding hydrogens is 595 g/mol. The Bertz CT molecular complexity index is 2790. The number of nitrogens with zero attached hydrogens (tertiary/aromatic N) is 1. The molecule has 0 aliphatic rings. The van der Waals surface area contributed by atoms with Gasteiger partial charge in [0.05, 0.1) is 5.52 Å². The summed E-state index contributed by atoms with van der Waals surface area (Å²) in [5.41, 5.74) is 13.3. The predicted molar refractivity (Wildman–Crippen MR) is 206 cm³/mol. The van der Waals surface area contributed by atoms with Gasteiger partial charge >= 0.3 is 0 Å². The SMILES string of the molecule is c1ccc(-c2ccc(-c3c4ccccc4c(-c4ccc(-c5ccc6nc7c(cc6c5)oc5ccccc57)cc4)c4ccccc34)cc2)cc1. The molecule has 10 aromatic rings. The lowest BCUT2D eigenvalue weighted by Crippen LogP contribution is -1.91. The van der Waals surface area contributed by atoms with E-state index in [2.05, 4.69) is 158 Å². The maximum atomic E-state index is 6.14. The van der Waals surface area contributed by atoms with Gasteiger partial charge in [-0.3, -0.25) is 0 Å². The van der Waals surface area contributed by atoms with Crippen LogP contribution < -0.4 is 0 Å². The van der Waals surface area contributed by atoms with E-state index in [0.29, 0.717) is 0 Å². The average molecular weight is 624 g/mol. The lowest BCUT2D eigenvalue weighted by molar-refractivity contribution is 0.669. The predicted octanol–water partition coefficient (Wildman–Crippen LogP) is 13.1. The molecule has 0 aliphatic heterocycles. The summed E-state index contributed by atoms with van der Waals surface area (Å²) in [7, 11) is 0. The van der Waals surface area contributed by atoms with Gasteiger partial charge in [0.1, 0.15) is 11.1 Å². The fourth-order valence-electron chi connectivity index (χ4n) is 7.52. The number of para-hydroxylation sites is 1. The number of furan rings is 1. The van der Waals surface area contributed by atoms with E-state index in [1.54, 1.807) is 0 Å². The molecule has 49 heavy (non-hydrogen) atoms. The minimum absolute atomic E-state index is 0.815. The first-order valence-corrected chi connectivity index (χ1v) is 16.7. The molecule has 0 aliphatic carbocycles. The van der Waals surface area contributed by atoms with Crippen LogP contribution in [-0.4, -0.2) is 4.98 Å². The van der Waals surface area contributed by atoms with Gasteiger partial charge in [0, 0.05) is 10.8 Å². The third-order valence-corrected chi connectivity index (χ3v) is 9.86. The zero-order valence-corrected chi connectivity index (χ0v) is 26.6. The fraction of sp³-hybridized carbons (Fsp3) is 0. The monoisotopic (exact) mass is 623 g/mol. The Kier molecular flexibility index (Phi) is 6.22. The van der Waals surface area contributed by atoms with Crippen molar-refractivity contribution in [1.29, 1.82) is 0 Å². The van der Waals surface area contributed by atoms with Gasteiger partial charge in [-0.25, -0.2) is 4.98 Å². The number of rotatable bonds is 4. The number of pyridine rings is 1. The van der Waals surface area contributed by atoms with Gasteiger partial charge in [0.15, 0.2) is 5.58 Å². The Morgan fingerprint density at radius 1 is 0.327 bits per heavy atom. The van der Waals surface area contributed by atoms with Crippen molar-refractivity contribution in [2.24, 2.45) is 0 Å². The Morgan fingerprint density at radius 3 is 1.37 bits per heavy atom. The third kappa shape index (κ3) is 4.53. The summed E-state index contributed by atoms with van der Waals surface area (Å²) >= 11 is 0. The Hall–Kier alpha value is -6.51. The molecule has 0 atom stereocenters. The number of hydrogen-bond donors (Lipinski definition) is 0. The minimum atomic E-state index is 0.815. The zero-order chi connectivity index (χ0) is 32.3. The van der Waals surface area contributed by atoms with Crippen LogP contribution in [0.2, 0.25) is 0 Å². The van der Waals surface area contributed by atoms with Crippen LogP contribution in [0.4, 0.5) is 0 Å². The summed E-state index contributed by atoms with van der Waals surface area (Å²) in [4.78, 5) is 4.97. The molecule has 2 aromatic heterocycles. The highest BCUT2D eigenvalue weighted by Crippen LogP contribution is 2.44. The van der Waals surface area contributed by atoms with Crippen LogP contribution in [0.15, 0.2) is 180 Å². The molecule has 2 nitrogen and oxygen atoms in total. The summed E-state index contributed by atoms with van der Waals surface area (Å²) in [5, 5.41) is 7.13. The van der Waals surface area contributed by atoms with Crippen LogP contribution >= 0.6 is 0 Å². The molecule has 0 radical (unpaired) electrons. The second kappa shape index (κ2) is 11.0. The average Bonchev–Trinajstić information content (AvgIpc) is 3.53. The molecule has 0 N–H and O–H groups in total. The van der Waals surface area contributed by atoms with Crippen LogP contribution in [0.5, 0.6) is 0 Å². The first-order chi connectivity index (χ1) is 24.3. The highest BCUT2D eigenvalue weighted by Gasteiger charge is 2.17. The number of aromatic nitrogens is 1. The van der Waals surface area contributed by atoms with Crippen molar-refractivity contribution in [2.75, 3.05) is 0 Å². The number of hydrogen-bond acceptors (Lipinski definition) is 2. The van der Waals surface area contributed by atoms with E-state index in [1.165, 1.54) is 60.5 Å². The standard InChI is InChI=1S/C47H29NO/c1-2-10-30(11-3-1)31-18-22-33(23-19-31)45-37-12-4-6-14-39(37)46(40-15-7-5-13-38(40)45)34-24-20-32(21-25-34)35-26-27-42-36(28-35)29-44-47(48-42)41-16-8-9-17-43(41)49-44/h1-29H. The van der Waals surface area contributed by atoms with Crippen molar-refractivity contribution in [2.45, 2.75) is 0 Å². The van der Waals surface area contributed by atoms with Crippen LogP contribution in [0.3, 0.4) is 0 Å². The molecule has 8 aromatic carbocycles. The van der Waals surface area contributed by atoms with E-state index in [-0.39, 0.29) is 0 Å². The molecule has 0 spiro atoms. The number of fused-ring (bicyclic) bond motifs is 6. The van der Waals surface area contributed by atoms with Crippen molar-refractivity contribution >= 4 is 54.5 Å². The van der Waals surface area contributed by atoms with Gasteiger partial charge in [0.25, 0.3) is 0 Å². The highest BCUT2D eigenvalue weighted by atomic mass is 16.3. The van der Waals surface area contributed by atoms with Crippen molar-refractivity contribution in [1.82, 2.24) is 4.98 Å².